The third-order valence-corrected chi connectivity index (χ3v) is 14.1. The number of para-hydroxylation sites is 3. The van der Waals surface area contributed by atoms with Gasteiger partial charge < -0.3 is 13.7 Å². The molecule has 0 aliphatic heterocycles. The van der Waals surface area contributed by atoms with Gasteiger partial charge in [-0.2, -0.15) is 0 Å². The minimum atomic E-state index is -0.536. The van der Waals surface area contributed by atoms with E-state index in [1.54, 1.807) is 0 Å². The number of nitrogens with zero attached hydrogens (tertiary/aromatic N) is 1. The molecular weight excluding hydrogens is 803 g/mol. The highest BCUT2D eigenvalue weighted by molar-refractivity contribution is 6.23. The molecule has 308 valence electrons. The molecule has 0 saturated heterocycles. The Morgan fingerprint density at radius 2 is 0.848 bits per heavy atom. The van der Waals surface area contributed by atoms with Crippen LogP contribution in [-0.4, -0.2) is 0 Å². The molecule has 0 N–H and O–H groups in total. The molecule has 0 bridgehead atoms. The zero-order valence-electron chi connectivity index (χ0n) is 35.8. The fourth-order valence-electron chi connectivity index (χ4n) is 11.2. The van der Waals surface area contributed by atoms with Gasteiger partial charge in [0.25, 0.3) is 0 Å². The van der Waals surface area contributed by atoms with Gasteiger partial charge in [-0.25, -0.2) is 0 Å². The normalized spacial score (nSPS) is 13.0. The van der Waals surface area contributed by atoms with Gasteiger partial charge >= 0.3 is 0 Å². The molecule has 1 aliphatic carbocycles. The fourth-order valence-corrected chi connectivity index (χ4v) is 11.2. The van der Waals surface area contributed by atoms with E-state index in [9.17, 15) is 0 Å². The van der Waals surface area contributed by atoms with E-state index in [1.165, 1.54) is 33.4 Å². The highest BCUT2D eigenvalue weighted by Gasteiger charge is 2.46. The number of furan rings is 2. The first-order valence-corrected chi connectivity index (χ1v) is 22.7. The lowest BCUT2D eigenvalue weighted by molar-refractivity contribution is 0.670. The summed E-state index contributed by atoms with van der Waals surface area (Å²) in [6.45, 7) is 0. The van der Waals surface area contributed by atoms with Crippen molar-refractivity contribution in [2.75, 3.05) is 4.90 Å². The number of benzene rings is 11. The highest BCUT2D eigenvalue weighted by Crippen LogP contribution is 2.57. The predicted molar refractivity (Wildman–Crippen MR) is 273 cm³/mol. The molecule has 13 aromatic rings. The number of rotatable bonds is 6. The van der Waals surface area contributed by atoms with E-state index in [1.807, 2.05) is 18.2 Å². The summed E-state index contributed by atoms with van der Waals surface area (Å²) in [7, 11) is 0. The van der Waals surface area contributed by atoms with Gasteiger partial charge in [0.15, 0.2) is 0 Å². The Morgan fingerprint density at radius 1 is 0.318 bits per heavy atom. The van der Waals surface area contributed by atoms with E-state index in [2.05, 4.69) is 223 Å². The molecule has 3 nitrogen and oxygen atoms in total. The van der Waals surface area contributed by atoms with Crippen LogP contribution in [0, 0.1) is 0 Å². The molecule has 0 spiro atoms. The van der Waals surface area contributed by atoms with Gasteiger partial charge in [-0.3, -0.25) is 0 Å². The van der Waals surface area contributed by atoms with Crippen LogP contribution in [0.2, 0.25) is 0 Å². The molecule has 0 saturated carbocycles. The van der Waals surface area contributed by atoms with Crippen LogP contribution >= 0.6 is 0 Å². The molecule has 2 aromatic heterocycles. The molecule has 66 heavy (non-hydrogen) atoms. The Labute approximate surface area is 381 Å². The van der Waals surface area contributed by atoms with Crippen LogP contribution in [0.25, 0.3) is 87.7 Å². The Hall–Kier alpha value is -8.66. The highest BCUT2D eigenvalue weighted by atomic mass is 16.3. The van der Waals surface area contributed by atoms with Crippen LogP contribution in [-0.2, 0) is 5.41 Å². The molecule has 14 rings (SSSR count). The summed E-state index contributed by atoms with van der Waals surface area (Å²) < 4.78 is 13.1. The van der Waals surface area contributed by atoms with Gasteiger partial charge in [0, 0.05) is 49.6 Å². The van der Waals surface area contributed by atoms with E-state index in [0.29, 0.717) is 0 Å². The maximum absolute atomic E-state index is 6.63. The molecule has 1 aliphatic rings. The standard InChI is InChI=1S/C63H39NO2/c1-3-14-43(15-4-1)63(44-16-5-2-6-17-44)56-23-10-7-18-50(56)51-37-34-47(39-57(51)63)64(45-31-28-40(29-32-45)49-21-13-22-54-52-19-8-11-24-58(52)65-61(49)54)46-33-36-48-42(38-46)27-26-41-30-35-55-53-20-9-12-25-59(53)66-62(55)60(41)48/h1-39H. The zero-order chi connectivity index (χ0) is 43.3. The molecule has 0 radical (unpaired) electrons. The van der Waals surface area contributed by atoms with Gasteiger partial charge in [0.1, 0.15) is 22.3 Å². The molecule has 2 heterocycles. The van der Waals surface area contributed by atoms with Crippen molar-refractivity contribution in [3.63, 3.8) is 0 Å². The molecule has 3 heteroatoms. The zero-order valence-corrected chi connectivity index (χ0v) is 35.8. The summed E-state index contributed by atoms with van der Waals surface area (Å²) in [5.41, 5.74) is 16.0. The van der Waals surface area contributed by atoms with Gasteiger partial charge in [-0.15, -0.1) is 0 Å². The van der Waals surface area contributed by atoms with Gasteiger partial charge in [0.05, 0.1) is 5.41 Å². The minimum Gasteiger partial charge on any atom is -0.455 e. The average molecular weight is 842 g/mol. The van der Waals surface area contributed by atoms with Gasteiger partial charge in [0.2, 0.25) is 0 Å². The lowest BCUT2D eigenvalue weighted by Crippen LogP contribution is -2.28. The topological polar surface area (TPSA) is 29.5 Å². The number of anilines is 3. The molecular formula is C63H39NO2. The summed E-state index contributed by atoms with van der Waals surface area (Å²) in [6.07, 6.45) is 0. The Kier molecular flexibility index (Phi) is 7.90. The predicted octanol–water partition coefficient (Wildman–Crippen LogP) is 17.3. The number of fused-ring (bicyclic) bond motifs is 13. The summed E-state index contributed by atoms with van der Waals surface area (Å²) in [6, 6.07) is 85.9. The summed E-state index contributed by atoms with van der Waals surface area (Å²) in [4.78, 5) is 2.42. The van der Waals surface area contributed by atoms with Crippen LogP contribution in [0.3, 0.4) is 0 Å². The average Bonchev–Trinajstić information content (AvgIpc) is 4.06. The van der Waals surface area contributed by atoms with Crippen molar-refractivity contribution in [1.29, 1.82) is 0 Å². The molecule has 11 aromatic carbocycles. The monoisotopic (exact) mass is 841 g/mol. The first-order chi connectivity index (χ1) is 32.7. The minimum absolute atomic E-state index is 0.536. The fraction of sp³-hybridized carbons (Fsp3) is 0.0159. The lowest BCUT2D eigenvalue weighted by atomic mass is 9.67. The summed E-state index contributed by atoms with van der Waals surface area (Å²) in [5.74, 6) is 0. The van der Waals surface area contributed by atoms with E-state index in [-0.39, 0.29) is 0 Å². The molecule has 0 fully saturated rings. The van der Waals surface area contributed by atoms with Crippen molar-refractivity contribution in [3.05, 3.63) is 259 Å². The van der Waals surface area contributed by atoms with E-state index >= 15 is 0 Å². The third kappa shape index (κ3) is 5.26. The van der Waals surface area contributed by atoms with Crippen LogP contribution in [0.1, 0.15) is 22.3 Å². The first-order valence-electron chi connectivity index (χ1n) is 22.7. The third-order valence-electron chi connectivity index (χ3n) is 14.1. The Balaban J connectivity index is 0.993. The second-order valence-electron chi connectivity index (χ2n) is 17.5. The van der Waals surface area contributed by atoms with Crippen molar-refractivity contribution in [2.45, 2.75) is 5.41 Å². The lowest BCUT2D eigenvalue weighted by Gasteiger charge is -2.35. The van der Waals surface area contributed by atoms with E-state index in [4.69, 9.17) is 8.83 Å². The maximum Gasteiger partial charge on any atom is 0.143 e. The van der Waals surface area contributed by atoms with Gasteiger partial charge in [-0.1, -0.05) is 182 Å². The van der Waals surface area contributed by atoms with Crippen molar-refractivity contribution in [2.24, 2.45) is 0 Å². The smallest absolute Gasteiger partial charge is 0.143 e. The number of hydrogen-bond acceptors (Lipinski definition) is 3. The van der Waals surface area contributed by atoms with Crippen molar-refractivity contribution in [1.82, 2.24) is 0 Å². The van der Waals surface area contributed by atoms with Crippen LogP contribution in [0.5, 0.6) is 0 Å². The van der Waals surface area contributed by atoms with E-state index in [0.717, 1.165) is 93.6 Å². The largest absolute Gasteiger partial charge is 0.455 e. The molecule has 0 atom stereocenters. The quantitative estimate of drug-likeness (QED) is 0.156. The first kappa shape index (κ1) is 36.8. The number of hydrogen-bond donors (Lipinski definition) is 0. The second-order valence-corrected chi connectivity index (χ2v) is 17.5. The summed E-state index contributed by atoms with van der Waals surface area (Å²) >= 11 is 0. The van der Waals surface area contributed by atoms with Crippen molar-refractivity contribution in [3.8, 4) is 22.3 Å². The van der Waals surface area contributed by atoms with E-state index < -0.39 is 5.41 Å². The van der Waals surface area contributed by atoms with Crippen molar-refractivity contribution >= 4 is 82.5 Å². The van der Waals surface area contributed by atoms with Crippen LogP contribution in [0.4, 0.5) is 17.1 Å². The van der Waals surface area contributed by atoms with Crippen molar-refractivity contribution < 1.29 is 8.83 Å². The Morgan fingerprint density at radius 3 is 1.61 bits per heavy atom. The maximum atomic E-state index is 6.63. The summed E-state index contributed by atoms with van der Waals surface area (Å²) in [5, 5.41) is 9.11. The van der Waals surface area contributed by atoms with Crippen LogP contribution < -0.4 is 4.90 Å². The SMILES string of the molecule is c1ccc(C2(c3ccccc3)c3ccccc3-c3ccc(N(c4ccc(-c5cccc6c5oc5ccccc56)cc4)c4ccc5c(ccc6ccc7c8ccccc8oc7c65)c4)cc32)cc1. The molecule has 0 unspecified atom stereocenters. The Bertz CT molecular complexity index is 4010. The second kappa shape index (κ2) is 14.2. The molecule has 0 amide bonds. The van der Waals surface area contributed by atoms with Crippen LogP contribution in [0.15, 0.2) is 245 Å². The van der Waals surface area contributed by atoms with Gasteiger partial charge in [-0.05, 0) is 110 Å².